The predicted molar refractivity (Wildman–Crippen MR) is 150 cm³/mol. The van der Waals surface area contributed by atoms with Crippen molar-refractivity contribution in [3.05, 3.63) is 52.5 Å². The van der Waals surface area contributed by atoms with Gasteiger partial charge in [-0.3, -0.25) is 14.5 Å². The summed E-state index contributed by atoms with van der Waals surface area (Å²) in [5.41, 5.74) is 8.30. The van der Waals surface area contributed by atoms with Crippen molar-refractivity contribution in [3.8, 4) is 5.75 Å². The summed E-state index contributed by atoms with van der Waals surface area (Å²) in [7, 11) is 5.45. The fraction of sp³-hybridized carbons (Fsp3) is 0.500. The van der Waals surface area contributed by atoms with Gasteiger partial charge in [0.05, 0.1) is 36.1 Å². The minimum atomic E-state index is -0.280. The van der Waals surface area contributed by atoms with Crippen LogP contribution in [0.1, 0.15) is 33.6 Å². The molecule has 0 radical (unpaired) electrons. The maximum Gasteiger partial charge on any atom is 0.255 e. The van der Waals surface area contributed by atoms with Gasteiger partial charge in [0.2, 0.25) is 0 Å². The Morgan fingerprint density at radius 3 is 2.66 bits per heavy atom. The first kappa shape index (κ1) is 28.0. The zero-order valence-corrected chi connectivity index (χ0v) is 23.2. The molecule has 2 heterocycles. The van der Waals surface area contributed by atoms with Crippen molar-refractivity contribution in [3.63, 3.8) is 0 Å². The molecule has 0 aliphatic carbocycles. The first-order chi connectivity index (χ1) is 18.2. The monoisotopic (exact) mass is 543 g/mol. The molecule has 9 nitrogen and oxygen atoms in total. The summed E-state index contributed by atoms with van der Waals surface area (Å²) in [6, 6.07) is 10.9. The number of carbonyl (C=O) groups is 2. The molecule has 2 aromatic carbocycles. The van der Waals surface area contributed by atoms with Gasteiger partial charge in [0.15, 0.2) is 0 Å². The second-order valence-electron chi connectivity index (χ2n) is 10.2. The summed E-state index contributed by atoms with van der Waals surface area (Å²) in [6.45, 7) is 5.12. The fourth-order valence-electron chi connectivity index (χ4n) is 5.07. The topological polar surface area (TPSA) is 100 Å². The molecule has 2 amide bonds. The number of nitrogens with one attached hydrogen (secondary N) is 1. The van der Waals surface area contributed by atoms with E-state index in [4.69, 9.17) is 26.8 Å². The molecule has 0 saturated carbocycles. The lowest BCUT2D eigenvalue weighted by atomic mass is 9.95. The number of nitrogens with zero attached hydrogens (tertiary/aromatic N) is 3. The number of nitrogen functional groups attached to an aromatic ring is 1. The van der Waals surface area contributed by atoms with Gasteiger partial charge in [-0.1, -0.05) is 17.7 Å². The number of piperidine rings is 1. The van der Waals surface area contributed by atoms with E-state index in [1.165, 1.54) is 13.2 Å². The van der Waals surface area contributed by atoms with E-state index in [2.05, 4.69) is 10.2 Å². The molecule has 0 bridgehead atoms. The predicted octanol–water partition coefficient (Wildman–Crippen LogP) is 2.98. The highest BCUT2D eigenvalue weighted by Crippen LogP contribution is 2.29. The number of carbonyl (C=O) groups excluding carboxylic acids is 2. The van der Waals surface area contributed by atoms with Crippen molar-refractivity contribution in [1.82, 2.24) is 15.1 Å². The minimum absolute atomic E-state index is 0.103. The number of likely N-dealkylation sites (tertiary alicyclic amines) is 1. The molecule has 2 fully saturated rings. The number of methoxy groups -OCH3 is 1. The van der Waals surface area contributed by atoms with Crippen LogP contribution in [0.2, 0.25) is 5.02 Å². The third-order valence-electron chi connectivity index (χ3n) is 7.30. The highest BCUT2D eigenvalue weighted by Gasteiger charge is 2.28. The van der Waals surface area contributed by atoms with Gasteiger partial charge in [0.1, 0.15) is 5.75 Å². The Morgan fingerprint density at radius 1 is 1.18 bits per heavy atom. The minimum Gasteiger partial charge on any atom is -0.496 e. The lowest BCUT2D eigenvalue weighted by Crippen LogP contribution is -2.50. The van der Waals surface area contributed by atoms with Gasteiger partial charge in [-0.15, -0.1) is 0 Å². The Kier molecular flexibility index (Phi) is 9.35. The Morgan fingerprint density at radius 2 is 1.95 bits per heavy atom. The van der Waals surface area contributed by atoms with Crippen LogP contribution in [0, 0.1) is 5.92 Å². The van der Waals surface area contributed by atoms with Gasteiger partial charge in [0.25, 0.3) is 11.8 Å². The van der Waals surface area contributed by atoms with Crippen LogP contribution >= 0.6 is 11.6 Å². The summed E-state index contributed by atoms with van der Waals surface area (Å²) < 4.78 is 11.2. The average Bonchev–Trinajstić information content (AvgIpc) is 2.93. The molecule has 0 aromatic heterocycles. The molecule has 4 rings (SSSR count). The number of nitrogens with two attached hydrogens (primary N) is 1. The Bertz CT molecular complexity index is 1140. The normalized spacial score (nSPS) is 18.7. The zero-order valence-electron chi connectivity index (χ0n) is 22.4. The van der Waals surface area contributed by atoms with E-state index in [9.17, 15) is 9.59 Å². The van der Waals surface area contributed by atoms with Crippen LogP contribution in [-0.4, -0.2) is 94.8 Å². The molecule has 2 aliphatic heterocycles. The smallest absolute Gasteiger partial charge is 0.255 e. The molecule has 3 N–H and O–H groups in total. The second kappa shape index (κ2) is 12.7. The molecule has 1 atom stereocenters. The van der Waals surface area contributed by atoms with E-state index in [1.807, 2.05) is 48.2 Å². The quantitative estimate of drug-likeness (QED) is 0.494. The average molecular weight is 544 g/mol. The Labute approximate surface area is 229 Å². The highest BCUT2D eigenvalue weighted by atomic mass is 35.5. The van der Waals surface area contributed by atoms with Gasteiger partial charge in [-0.25, -0.2) is 0 Å². The van der Waals surface area contributed by atoms with Gasteiger partial charge in [0, 0.05) is 70.7 Å². The fourth-order valence-corrected chi connectivity index (χ4v) is 5.23. The van der Waals surface area contributed by atoms with Crippen molar-refractivity contribution < 1.29 is 19.1 Å². The Balaban J connectivity index is 1.24. The van der Waals surface area contributed by atoms with Crippen molar-refractivity contribution in [2.75, 3.05) is 77.7 Å². The summed E-state index contributed by atoms with van der Waals surface area (Å²) >= 11 is 6.11. The zero-order chi connectivity index (χ0) is 27.2. The van der Waals surface area contributed by atoms with Crippen LogP contribution in [0.25, 0.3) is 0 Å². The van der Waals surface area contributed by atoms with Crippen LogP contribution in [0.4, 0.5) is 11.4 Å². The standard InChI is InChI=1S/C28H38ClN5O4/c1-32(2)21-6-4-5-20(13-21)28(36)34-9-7-19(8-10-34)17-33-11-12-38-22(18-33)16-31-27(35)23-14-24(29)25(30)15-26(23)37-3/h4-6,13-15,19,22H,7-12,16-18,30H2,1-3H3,(H,31,35). The number of halogens is 1. The number of hydrogen-bond donors (Lipinski definition) is 2. The molecular weight excluding hydrogens is 506 g/mol. The van der Waals surface area contributed by atoms with Gasteiger partial charge in [-0.05, 0) is 43.0 Å². The largest absolute Gasteiger partial charge is 0.496 e. The van der Waals surface area contributed by atoms with E-state index in [0.29, 0.717) is 41.1 Å². The molecule has 206 valence electrons. The maximum absolute atomic E-state index is 13.0. The van der Waals surface area contributed by atoms with Crippen LogP contribution < -0.4 is 20.7 Å². The SMILES string of the molecule is COc1cc(N)c(Cl)cc1C(=O)NCC1CN(CC2CCN(C(=O)c3cccc(N(C)C)c3)CC2)CCO1. The number of hydrogen-bond acceptors (Lipinski definition) is 7. The molecule has 0 spiro atoms. The summed E-state index contributed by atoms with van der Waals surface area (Å²) in [5, 5.41) is 3.25. The first-order valence-corrected chi connectivity index (χ1v) is 13.4. The molecule has 2 aromatic rings. The van der Waals surface area contributed by atoms with E-state index in [0.717, 1.165) is 56.8 Å². The third kappa shape index (κ3) is 6.89. The molecule has 10 heteroatoms. The summed E-state index contributed by atoms with van der Waals surface area (Å²) in [5.74, 6) is 0.735. The van der Waals surface area contributed by atoms with Crippen molar-refractivity contribution in [2.24, 2.45) is 5.92 Å². The lowest BCUT2D eigenvalue weighted by molar-refractivity contribution is -0.0332. The van der Waals surface area contributed by atoms with E-state index < -0.39 is 0 Å². The van der Waals surface area contributed by atoms with E-state index in [-0.39, 0.29) is 17.9 Å². The van der Waals surface area contributed by atoms with Crippen molar-refractivity contribution in [2.45, 2.75) is 18.9 Å². The van der Waals surface area contributed by atoms with Crippen LogP contribution in [0.3, 0.4) is 0 Å². The number of amides is 2. The summed E-state index contributed by atoms with van der Waals surface area (Å²) in [4.78, 5) is 32.2. The van der Waals surface area contributed by atoms with Gasteiger partial charge in [-0.2, -0.15) is 0 Å². The second-order valence-corrected chi connectivity index (χ2v) is 10.6. The van der Waals surface area contributed by atoms with Crippen molar-refractivity contribution >= 4 is 34.8 Å². The Hall–Kier alpha value is -3.01. The van der Waals surface area contributed by atoms with Crippen LogP contribution in [-0.2, 0) is 4.74 Å². The van der Waals surface area contributed by atoms with Crippen LogP contribution in [0.5, 0.6) is 5.75 Å². The molecule has 2 saturated heterocycles. The van der Waals surface area contributed by atoms with Crippen molar-refractivity contribution in [1.29, 1.82) is 0 Å². The molecule has 2 aliphatic rings. The molecule has 38 heavy (non-hydrogen) atoms. The van der Waals surface area contributed by atoms with E-state index >= 15 is 0 Å². The third-order valence-corrected chi connectivity index (χ3v) is 7.63. The highest BCUT2D eigenvalue weighted by molar-refractivity contribution is 6.33. The van der Waals surface area contributed by atoms with Gasteiger partial charge >= 0.3 is 0 Å². The number of morpholine rings is 1. The lowest BCUT2D eigenvalue weighted by Gasteiger charge is -2.38. The number of ether oxygens (including phenoxy) is 2. The first-order valence-electron chi connectivity index (χ1n) is 13.1. The molecule has 1 unspecified atom stereocenters. The molecular formula is C28H38ClN5O4. The van der Waals surface area contributed by atoms with Gasteiger partial charge < -0.3 is 30.3 Å². The number of anilines is 2. The number of rotatable bonds is 8. The summed E-state index contributed by atoms with van der Waals surface area (Å²) in [6.07, 6.45) is 1.86. The number of benzene rings is 2. The van der Waals surface area contributed by atoms with Crippen LogP contribution in [0.15, 0.2) is 36.4 Å². The van der Waals surface area contributed by atoms with E-state index in [1.54, 1.807) is 6.07 Å². The maximum atomic E-state index is 13.0.